The molecule has 0 spiro atoms. The number of rotatable bonds is 4. The quantitative estimate of drug-likeness (QED) is 0.295. The monoisotopic (exact) mass is 429 g/mol. The van der Waals surface area contributed by atoms with Gasteiger partial charge in [0.05, 0.1) is 5.69 Å². The van der Waals surface area contributed by atoms with Gasteiger partial charge in [0.2, 0.25) is 0 Å². The van der Waals surface area contributed by atoms with Crippen LogP contribution in [0, 0.1) is 0 Å². The van der Waals surface area contributed by atoms with Crippen molar-refractivity contribution in [2.24, 2.45) is 0 Å². The van der Waals surface area contributed by atoms with Crippen molar-refractivity contribution in [1.29, 1.82) is 0 Å². The molecule has 1 heterocycles. The Morgan fingerprint density at radius 3 is 1.67 bits per heavy atom. The fourth-order valence-corrected chi connectivity index (χ4v) is 3.93. The van der Waals surface area contributed by atoms with E-state index in [9.17, 15) is 0 Å². The first kappa shape index (κ1) is 20.9. The van der Waals surface area contributed by atoms with Gasteiger partial charge in [0.15, 0.2) is 11.6 Å². The van der Waals surface area contributed by atoms with E-state index >= 15 is 0 Å². The summed E-state index contributed by atoms with van der Waals surface area (Å²) in [6.45, 7) is 6.67. The van der Waals surface area contributed by atoms with E-state index in [4.69, 9.17) is 10.1 Å². The molecule has 3 nitrogen and oxygen atoms in total. The average molecular weight is 430 g/mol. The lowest BCUT2D eigenvalue weighted by Gasteiger charge is -2.18. The summed E-state index contributed by atoms with van der Waals surface area (Å²) in [6, 6.07) is 37.7. The number of nitrogens with zero attached hydrogens (tertiary/aromatic N) is 3. The molecular weight excluding hydrogens is 402 g/mol. The molecule has 0 bridgehead atoms. The Kier molecular flexibility index (Phi) is 5.39. The third-order valence-electron chi connectivity index (χ3n) is 5.87. The van der Waals surface area contributed by atoms with Gasteiger partial charge >= 0.3 is 0 Å². The molecule has 0 amide bonds. The van der Waals surface area contributed by atoms with E-state index in [1.807, 2.05) is 28.9 Å². The molecule has 33 heavy (non-hydrogen) atoms. The summed E-state index contributed by atoms with van der Waals surface area (Å²) in [7, 11) is 0. The molecule has 0 saturated carbocycles. The average Bonchev–Trinajstić information content (AvgIpc) is 3.30. The minimum atomic E-state index is 0.112. The van der Waals surface area contributed by atoms with Gasteiger partial charge in [0.25, 0.3) is 0 Å². The lowest BCUT2D eigenvalue weighted by atomic mass is 9.87. The maximum Gasteiger partial charge on any atom is 0.182 e. The Morgan fingerprint density at radius 2 is 1.06 bits per heavy atom. The highest BCUT2D eigenvalue weighted by Gasteiger charge is 2.17. The second-order valence-corrected chi connectivity index (χ2v) is 9.28. The van der Waals surface area contributed by atoms with Crippen molar-refractivity contribution in [2.75, 3.05) is 0 Å². The zero-order valence-corrected chi connectivity index (χ0v) is 19.2. The summed E-state index contributed by atoms with van der Waals surface area (Å²) < 4.78 is 1.94. The second kappa shape index (κ2) is 8.51. The number of aromatic nitrogens is 3. The highest BCUT2D eigenvalue weighted by atomic mass is 15.4. The van der Waals surface area contributed by atoms with Gasteiger partial charge in [-0.3, -0.25) is 0 Å². The molecule has 0 unspecified atom stereocenters. The van der Waals surface area contributed by atoms with Gasteiger partial charge in [0.1, 0.15) is 0 Å². The summed E-state index contributed by atoms with van der Waals surface area (Å²) in [5, 5.41) is 4.91. The summed E-state index contributed by atoms with van der Waals surface area (Å²) in [4.78, 5) is 4.97. The van der Waals surface area contributed by atoms with Crippen LogP contribution in [0.15, 0.2) is 109 Å². The van der Waals surface area contributed by atoms with Crippen LogP contribution in [0.1, 0.15) is 26.3 Å². The van der Waals surface area contributed by atoms with Gasteiger partial charge in [-0.25, -0.2) is 9.67 Å². The zero-order chi connectivity index (χ0) is 22.8. The molecule has 0 atom stereocenters. The molecule has 0 aliphatic heterocycles. The maximum absolute atomic E-state index is 4.97. The van der Waals surface area contributed by atoms with E-state index in [1.165, 1.54) is 16.7 Å². The minimum absolute atomic E-state index is 0.112. The Labute approximate surface area is 195 Å². The van der Waals surface area contributed by atoms with E-state index < -0.39 is 0 Å². The Bertz CT molecular complexity index is 1340. The predicted molar refractivity (Wildman–Crippen MR) is 136 cm³/mol. The molecule has 0 fully saturated rings. The van der Waals surface area contributed by atoms with Gasteiger partial charge in [0, 0.05) is 11.1 Å². The normalized spacial score (nSPS) is 11.5. The number of hydrogen-bond donors (Lipinski definition) is 0. The zero-order valence-electron chi connectivity index (χ0n) is 19.2. The first-order chi connectivity index (χ1) is 16.0. The van der Waals surface area contributed by atoms with Gasteiger partial charge in [-0.2, -0.15) is 0 Å². The molecule has 0 saturated heterocycles. The standard InChI is InChI=1S/C30H27N3/c1-30(2,3)26-20-18-24(19-21-26)28-31-29(33(32-28)27-12-8-5-9-13-27)25-16-14-23(15-17-25)22-10-6-4-7-11-22/h4-21H,1-3H3. The van der Waals surface area contributed by atoms with Crippen molar-refractivity contribution in [3.8, 4) is 39.6 Å². The van der Waals surface area contributed by atoms with Crippen LogP contribution in [0.2, 0.25) is 0 Å². The second-order valence-electron chi connectivity index (χ2n) is 9.28. The Balaban J connectivity index is 1.57. The largest absolute Gasteiger partial charge is 0.213 e. The fraction of sp³-hybridized carbons (Fsp3) is 0.133. The van der Waals surface area contributed by atoms with Gasteiger partial charge in [-0.15, -0.1) is 5.10 Å². The van der Waals surface area contributed by atoms with Crippen LogP contribution in [0.4, 0.5) is 0 Å². The van der Waals surface area contributed by atoms with Gasteiger partial charge < -0.3 is 0 Å². The smallest absolute Gasteiger partial charge is 0.182 e. The van der Waals surface area contributed by atoms with E-state index in [2.05, 4.69) is 106 Å². The third kappa shape index (κ3) is 4.35. The van der Waals surface area contributed by atoms with Crippen LogP contribution in [0.3, 0.4) is 0 Å². The number of benzene rings is 4. The molecule has 0 radical (unpaired) electrons. The van der Waals surface area contributed by atoms with Crippen LogP contribution in [-0.2, 0) is 5.41 Å². The Hall–Kier alpha value is -3.98. The lowest BCUT2D eigenvalue weighted by Crippen LogP contribution is -2.10. The predicted octanol–water partition coefficient (Wildman–Crippen LogP) is 7.57. The third-order valence-corrected chi connectivity index (χ3v) is 5.87. The van der Waals surface area contributed by atoms with Crippen molar-refractivity contribution in [2.45, 2.75) is 26.2 Å². The molecular formula is C30H27N3. The van der Waals surface area contributed by atoms with Gasteiger partial charge in [-0.05, 0) is 34.2 Å². The van der Waals surface area contributed by atoms with Crippen molar-refractivity contribution in [3.05, 3.63) is 115 Å². The summed E-state index contributed by atoms with van der Waals surface area (Å²) in [6.07, 6.45) is 0. The van der Waals surface area contributed by atoms with Crippen molar-refractivity contribution in [3.63, 3.8) is 0 Å². The highest BCUT2D eigenvalue weighted by molar-refractivity contribution is 5.69. The molecule has 1 aromatic heterocycles. The first-order valence-electron chi connectivity index (χ1n) is 11.3. The molecule has 162 valence electrons. The molecule has 0 aliphatic carbocycles. The van der Waals surface area contributed by atoms with Crippen LogP contribution >= 0.6 is 0 Å². The molecule has 3 heteroatoms. The minimum Gasteiger partial charge on any atom is -0.213 e. The summed E-state index contributed by atoms with van der Waals surface area (Å²) in [5.74, 6) is 1.55. The molecule has 0 N–H and O–H groups in total. The topological polar surface area (TPSA) is 30.7 Å². The highest BCUT2D eigenvalue weighted by Crippen LogP contribution is 2.29. The van der Waals surface area contributed by atoms with Crippen LogP contribution in [0.25, 0.3) is 39.6 Å². The van der Waals surface area contributed by atoms with Crippen molar-refractivity contribution >= 4 is 0 Å². The van der Waals surface area contributed by atoms with Gasteiger partial charge in [-0.1, -0.05) is 118 Å². The molecule has 4 aromatic carbocycles. The Morgan fingerprint density at radius 1 is 0.545 bits per heavy atom. The molecule has 5 aromatic rings. The number of para-hydroxylation sites is 1. The fourth-order valence-electron chi connectivity index (χ4n) is 3.93. The number of hydrogen-bond acceptors (Lipinski definition) is 2. The van der Waals surface area contributed by atoms with Crippen LogP contribution < -0.4 is 0 Å². The summed E-state index contributed by atoms with van der Waals surface area (Å²) >= 11 is 0. The lowest BCUT2D eigenvalue weighted by molar-refractivity contribution is 0.590. The molecule has 5 rings (SSSR count). The first-order valence-corrected chi connectivity index (χ1v) is 11.3. The van der Waals surface area contributed by atoms with E-state index in [0.717, 1.165) is 28.5 Å². The van der Waals surface area contributed by atoms with Crippen molar-refractivity contribution in [1.82, 2.24) is 14.8 Å². The molecule has 0 aliphatic rings. The van der Waals surface area contributed by atoms with Crippen molar-refractivity contribution < 1.29 is 0 Å². The maximum atomic E-state index is 4.97. The summed E-state index contributed by atoms with van der Waals surface area (Å²) in [5.41, 5.74) is 6.83. The van der Waals surface area contributed by atoms with Crippen LogP contribution in [0.5, 0.6) is 0 Å². The van der Waals surface area contributed by atoms with Crippen LogP contribution in [-0.4, -0.2) is 14.8 Å². The van der Waals surface area contributed by atoms with E-state index in [0.29, 0.717) is 0 Å². The van der Waals surface area contributed by atoms with E-state index in [1.54, 1.807) is 0 Å². The van der Waals surface area contributed by atoms with E-state index in [-0.39, 0.29) is 5.41 Å². The SMILES string of the molecule is CC(C)(C)c1ccc(-c2nc(-c3ccc(-c4ccccc4)cc3)n(-c3ccccc3)n2)cc1.